The zero-order chi connectivity index (χ0) is 18.8. The summed E-state index contributed by atoms with van der Waals surface area (Å²) in [7, 11) is 0. The summed E-state index contributed by atoms with van der Waals surface area (Å²) >= 11 is 0. The fraction of sp³-hybridized carbons (Fsp3) is 0.150. The maximum atomic E-state index is 12.7. The molecule has 0 atom stereocenters. The molecule has 7 heteroatoms. The van der Waals surface area contributed by atoms with E-state index in [0.29, 0.717) is 11.4 Å². The largest absolute Gasteiger partial charge is 0.454 e. The molecule has 0 unspecified atom stereocenters. The van der Waals surface area contributed by atoms with Crippen molar-refractivity contribution in [1.82, 2.24) is 25.2 Å². The Morgan fingerprint density at radius 3 is 2.70 bits per heavy atom. The molecule has 0 aliphatic heterocycles. The number of esters is 1. The summed E-state index contributed by atoms with van der Waals surface area (Å²) in [6, 6.07) is 17.0. The van der Waals surface area contributed by atoms with Crippen molar-refractivity contribution in [3.63, 3.8) is 0 Å². The highest BCUT2D eigenvalue weighted by Gasteiger charge is 2.16. The fourth-order valence-corrected chi connectivity index (χ4v) is 2.91. The van der Waals surface area contributed by atoms with E-state index in [2.05, 4.69) is 20.5 Å². The number of benzene rings is 2. The molecule has 2 aromatic heterocycles. The van der Waals surface area contributed by atoms with Crippen LogP contribution in [0.2, 0.25) is 0 Å². The van der Waals surface area contributed by atoms with Gasteiger partial charge in [-0.15, -0.1) is 5.10 Å². The molecule has 0 saturated carbocycles. The lowest BCUT2D eigenvalue weighted by molar-refractivity contribution is 0.0461. The Kier molecular flexibility index (Phi) is 4.33. The van der Waals surface area contributed by atoms with Gasteiger partial charge in [0.25, 0.3) is 0 Å². The molecule has 2 heterocycles. The molecule has 27 heavy (non-hydrogen) atoms. The molecule has 0 aliphatic carbocycles. The van der Waals surface area contributed by atoms with Gasteiger partial charge in [0.2, 0.25) is 0 Å². The minimum Gasteiger partial charge on any atom is -0.454 e. The zero-order valence-corrected chi connectivity index (χ0v) is 15.0. The second-order valence-corrected chi connectivity index (χ2v) is 6.25. The first kappa shape index (κ1) is 16.8. The highest BCUT2D eigenvalue weighted by molar-refractivity contribution is 6.03. The van der Waals surface area contributed by atoms with Gasteiger partial charge in [-0.05, 0) is 54.6 Å². The van der Waals surface area contributed by atoms with E-state index in [1.165, 1.54) is 0 Å². The molecule has 0 saturated heterocycles. The van der Waals surface area contributed by atoms with Crippen LogP contribution in [-0.2, 0) is 11.3 Å². The van der Waals surface area contributed by atoms with Gasteiger partial charge >= 0.3 is 5.97 Å². The van der Waals surface area contributed by atoms with Crippen LogP contribution >= 0.6 is 0 Å². The molecule has 0 spiro atoms. The number of pyridine rings is 1. The Labute approximate surface area is 155 Å². The number of aryl methyl sites for hydroxylation is 2. The topological polar surface area (TPSA) is 82.8 Å². The number of aromatic nitrogens is 5. The van der Waals surface area contributed by atoms with Crippen molar-refractivity contribution in [2.24, 2.45) is 0 Å². The van der Waals surface area contributed by atoms with Crippen molar-refractivity contribution in [1.29, 1.82) is 0 Å². The van der Waals surface area contributed by atoms with Crippen molar-refractivity contribution < 1.29 is 9.53 Å². The first-order valence-electron chi connectivity index (χ1n) is 8.49. The highest BCUT2D eigenvalue weighted by atomic mass is 16.5. The number of ether oxygens (including phenoxy) is 1. The SMILES string of the molecule is Cc1ccc2nc(C)cc(C(=O)OCc3nnnn3-c3ccccc3)c2c1. The van der Waals surface area contributed by atoms with E-state index in [-0.39, 0.29) is 6.61 Å². The van der Waals surface area contributed by atoms with Gasteiger partial charge in [0.05, 0.1) is 16.8 Å². The average Bonchev–Trinajstić information content (AvgIpc) is 3.15. The molecule has 4 aromatic rings. The molecule has 0 bridgehead atoms. The maximum absolute atomic E-state index is 12.7. The van der Waals surface area contributed by atoms with Gasteiger partial charge < -0.3 is 4.74 Å². The van der Waals surface area contributed by atoms with E-state index < -0.39 is 5.97 Å². The van der Waals surface area contributed by atoms with Gasteiger partial charge in [-0.2, -0.15) is 4.68 Å². The number of hydrogen-bond donors (Lipinski definition) is 0. The molecule has 7 nitrogen and oxygen atoms in total. The van der Waals surface area contributed by atoms with E-state index in [0.717, 1.165) is 27.8 Å². The lowest BCUT2D eigenvalue weighted by Gasteiger charge is -2.09. The van der Waals surface area contributed by atoms with E-state index in [1.807, 2.05) is 62.4 Å². The molecule has 4 rings (SSSR count). The number of fused-ring (bicyclic) bond motifs is 1. The number of carbonyl (C=O) groups excluding carboxylic acids is 1. The van der Waals surface area contributed by atoms with Gasteiger partial charge in [-0.25, -0.2) is 4.79 Å². The van der Waals surface area contributed by atoms with Crippen LogP contribution in [0.15, 0.2) is 54.6 Å². The highest BCUT2D eigenvalue weighted by Crippen LogP contribution is 2.21. The van der Waals surface area contributed by atoms with Crippen LogP contribution in [0, 0.1) is 13.8 Å². The van der Waals surface area contributed by atoms with Crippen LogP contribution in [0.3, 0.4) is 0 Å². The summed E-state index contributed by atoms with van der Waals surface area (Å²) in [6.07, 6.45) is 0. The number of carbonyl (C=O) groups is 1. The second kappa shape index (κ2) is 6.95. The molecular weight excluding hydrogens is 342 g/mol. The number of para-hydroxylation sites is 1. The van der Waals surface area contributed by atoms with E-state index in [1.54, 1.807) is 10.7 Å². The number of nitrogens with zero attached hydrogens (tertiary/aromatic N) is 5. The minimum absolute atomic E-state index is 0.0323. The number of tetrazole rings is 1. The van der Waals surface area contributed by atoms with Crippen molar-refractivity contribution >= 4 is 16.9 Å². The van der Waals surface area contributed by atoms with E-state index in [9.17, 15) is 4.79 Å². The molecule has 134 valence electrons. The molecule has 2 aromatic carbocycles. The standard InChI is InChI=1S/C20H17N5O2/c1-13-8-9-18-16(10-13)17(11-14(2)21-18)20(26)27-12-19-22-23-24-25(19)15-6-4-3-5-7-15/h3-11H,12H2,1-2H3. The smallest absolute Gasteiger partial charge is 0.339 e. The maximum Gasteiger partial charge on any atom is 0.339 e. The van der Waals surface area contributed by atoms with Gasteiger partial charge in [-0.1, -0.05) is 29.8 Å². The normalized spacial score (nSPS) is 10.9. The van der Waals surface area contributed by atoms with E-state index in [4.69, 9.17) is 4.74 Å². The van der Waals surface area contributed by atoms with Crippen LogP contribution in [-0.4, -0.2) is 31.2 Å². The van der Waals surface area contributed by atoms with Crippen LogP contribution in [0.1, 0.15) is 27.4 Å². The Morgan fingerprint density at radius 2 is 1.89 bits per heavy atom. The minimum atomic E-state index is -0.432. The van der Waals surface area contributed by atoms with Crippen molar-refractivity contribution in [2.75, 3.05) is 0 Å². The average molecular weight is 359 g/mol. The number of rotatable bonds is 4. The van der Waals surface area contributed by atoms with Gasteiger partial charge in [0.1, 0.15) is 0 Å². The Bertz CT molecular complexity index is 1120. The first-order chi connectivity index (χ1) is 13.1. The van der Waals surface area contributed by atoms with Crippen LogP contribution in [0.5, 0.6) is 0 Å². The fourth-order valence-electron chi connectivity index (χ4n) is 2.91. The Hall–Kier alpha value is -3.61. The van der Waals surface area contributed by atoms with Gasteiger partial charge in [-0.3, -0.25) is 4.98 Å². The predicted molar refractivity (Wildman–Crippen MR) is 99.5 cm³/mol. The predicted octanol–water partition coefficient (Wildman–Crippen LogP) is 3.18. The van der Waals surface area contributed by atoms with Crippen molar-refractivity contribution in [3.8, 4) is 5.69 Å². The van der Waals surface area contributed by atoms with Crippen LogP contribution in [0.4, 0.5) is 0 Å². The molecular formula is C20H17N5O2. The Morgan fingerprint density at radius 1 is 1.07 bits per heavy atom. The molecule has 0 aliphatic rings. The molecule has 0 N–H and O–H groups in total. The lowest BCUT2D eigenvalue weighted by Crippen LogP contribution is -2.11. The third-order valence-electron chi connectivity index (χ3n) is 4.18. The zero-order valence-electron chi connectivity index (χ0n) is 15.0. The first-order valence-corrected chi connectivity index (χ1v) is 8.49. The van der Waals surface area contributed by atoms with Gasteiger partial charge in [0, 0.05) is 11.1 Å². The monoisotopic (exact) mass is 359 g/mol. The third kappa shape index (κ3) is 3.39. The van der Waals surface area contributed by atoms with Crippen molar-refractivity contribution in [2.45, 2.75) is 20.5 Å². The molecule has 0 fully saturated rings. The summed E-state index contributed by atoms with van der Waals surface area (Å²) in [5.74, 6) is 0.0134. The quantitative estimate of drug-likeness (QED) is 0.521. The van der Waals surface area contributed by atoms with E-state index >= 15 is 0 Å². The summed E-state index contributed by atoms with van der Waals surface area (Å²) in [5, 5.41) is 12.4. The second-order valence-electron chi connectivity index (χ2n) is 6.25. The lowest BCUT2D eigenvalue weighted by atomic mass is 10.1. The molecule has 0 amide bonds. The number of hydrogen-bond acceptors (Lipinski definition) is 6. The van der Waals surface area contributed by atoms with Crippen molar-refractivity contribution in [3.05, 3.63) is 77.2 Å². The summed E-state index contributed by atoms with van der Waals surface area (Å²) in [6.45, 7) is 3.80. The summed E-state index contributed by atoms with van der Waals surface area (Å²) in [4.78, 5) is 17.2. The van der Waals surface area contributed by atoms with Crippen LogP contribution < -0.4 is 0 Å². The molecule has 0 radical (unpaired) electrons. The van der Waals surface area contributed by atoms with Crippen LogP contribution in [0.25, 0.3) is 16.6 Å². The third-order valence-corrected chi connectivity index (χ3v) is 4.18. The Balaban J connectivity index is 1.61. The summed E-state index contributed by atoms with van der Waals surface area (Å²) in [5.41, 5.74) is 3.86. The summed E-state index contributed by atoms with van der Waals surface area (Å²) < 4.78 is 7.06. The van der Waals surface area contributed by atoms with Gasteiger partial charge in [0.15, 0.2) is 12.4 Å².